The van der Waals surface area contributed by atoms with Crippen molar-refractivity contribution in [3.63, 3.8) is 0 Å². The fourth-order valence-corrected chi connectivity index (χ4v) is 7.02. The summed E-state index contributed by atoms with van der Waals surface area (Å²) >= 11 is 6.70. The van der Waals surface area contributed by atoms with E-state index in [1.54, 1.807) is 17.9 Å². The van der Waals surface area contributed by atoms with Gasteiger partial charge in [0.25, 0.3) is 9.05 Å². The summed E-state index contributed by atoms with van der Waals surface area (Å²) in [5.74, 6) is -0.00350. The molecule has 34 heavy (non-hydrogen) atoms. The molecular formula is C24H27Br2ClN2O4S. The van der Waals surface area contributed by atoms with Crippen LogP contribution in [0.5, 0.6) is 0 Å². The minimum Gasteiger partial charge on any atom is -0.311 e. The van der Waals surface area contributed by atoms with Gasteiger partial charge in [-0.3, -0.25) is 9.59 Å². The Morgan fingerprint density at radius 2 is 1.32 bits per heavy atom. The molecule has 0 N–H and O–H groups in total. The van der Waals surface area contributed by atoms with Crippen LogP contribution in [0.1, 0.15) is 52.7 Å². The minimum absolute atomic E-state index is 0.0168. The van der Waals surface area contributed by atoms with Crippen LogP contribution in [-0.2, 0) is 29.5 Å². The second-order valence-electron chi connectivity index (χ2n) is 9.88. The Morgan fingerprint density at radius 1 is 0.853 bits per heavy atom. The third kappa shape index (κ3) is 5.22. The predicted octanol–water partition coefficient (Wildman–Crippen LogP) is 6.11. The Morgan fingerprint density at radius 3 is 1.79 bits per heavy atom. The van der Waals surface area contributed by atoms with Gasteiger partial charge in [0.05, 0.1) is 4.90 Å². The molecule has 10 heteroatoms. The van der Waals surface area contributed by atoms with Crippen molar-refractivity contribution in [2.24, 2.45) is 0 Å². The minimum atomic E-state index is -3.85. The van der Waals surface area contributed by atoms with Gasteiger partial charge in [0, 0.05) is 68.8 Å². The first-order chi connectivity index (χ1) is 15.5. The standard InChI is InChI=1S/C12H13BrClNO3S.C12H14BrNO/c1-7(16)15-6-12(2,3)8-4-9(13)11(5-10(8)15)19(14,17)18;1-8(15)14-7-12(2,3)10-6-9(13)4-5-11(10)14/h4-5H,6H2,1-3H3;4-6H,7H2,1-3H3. The lowest BCUT2D eigenvalue weighted by molar-refractivity contribution is -0.117. The van der Waals surface area contributed by atoms with Crippen LogP contribution in [0, 0.1) is 0 Å². The second kappa shape index (κ2) is 9.22. The molecule has 0 saturated heterocycles. The van der Waals surface area contributed by atoms with Crippen molar-refractivity contribution < 1.29 is 18.0 Å². The molecular weight excluding hydrogens is 608 g/mol. The summed E-state index contributed by atoms with van der Waals surface area (Å²) in [7, 11) is 1.55. The second-order valence-corrected chi connectivity index (χ2v) is 14.2. The number of benzene rings is 2. The van der Waals surface area contributed by atoms with Crippen LogP contribution in [0.25, 0.3) is 0 Å². The van der Waals surface area contributed by atoms with Crippen LogP contribution in [0.4, 0.5) is 11.4 Å². The zero-order valence-electron chi connectivity index (χ0n) is 19.9. The van der Waals surface area contributed by atoms with Crippen molar-refractivity contribution in [3.05, 3.63) is 50.4 Å². The molecule has 0 radical (unpaired) electrons. The molecule has 0 fully saturated rings. The molecule has 4 rings (SSSR count). The highest BCUT2D eigenvalue weighted by Crippen LogP contribution is 2.44. The number of carbonyl (C=O) groups excluding carboxylic acids is 2. The van der Waals surface area contributed by atoms with Gasteiger partial charge in [-0.15, -0.1) is 0 Å². The van der Waals surface area contributed by atoms with E-state index in [0.29, 0.717) is 16.7 Å². The Balaban J connectivity index is 0.000000196. The SMILES string of the molecule is CC(=O)N1CC(C)(C)c2cc(Br)c(S(=O)(=O)Cl)cc21.CC(=O)N1CC(C)(C)c2cc(Br)ccc21. The molecule has 2 aromatic rings. The summed E-state index contributed by atoms with van der Waals surface area (Å²) in [4.78, 5) is 26.6. The van der Waals surface area contributed by atoms with E-state index in [1.807, 2.05) is 30.9 Å². The number of rotatable bonds is 1. The van der Waals surface area contributed by atoms with Gasteiger partial charge in [-0.2, -0.15) is 0 Å². The van der Waals surface area contributed by atoms with Gasteiger partial charge in [0.1, 0.15) is 0 Å². The number of anilines is 2. The third-order valence-electron chi connectivity index (χ3n) is 6.18. The quantitative estimate of drug-likeness (QED) is 0.355. The number of nitrogens with zero attached hydrogens (tertiary/aromatic N) is 2. The Bertz CT molecular complexity index is 1290. The molecule has 184 valence electrons. The third-order valence-corrected chi connectivity index (χ3v) is 8.95. The number of hydrogen-bond acceptors (Lipinski definition) is 4. The first-order valence-corrected chi connectivity index (χ1v) is 14.5. The first kappa shape index (κ1) is 27.2. The van der Waals surface area contributed by atoms with Crippen molar-refractivity contribution in [3.8, 4) is 0 Å². The molecule has 2 heterocycles. The number of hydrogen-bond donors (Lipinski definition) is 0. The summed E-state index contributed by atoms with van der Waals surface area (Å²) in [5, 5.41) is 0. The van der Waals surface area contributed by atoms with Crippen LogP contribution >= 0.6 is 42.5 Å². The molecule has 0 aromatic heterocycles. The van der Waals surface area contributed by atoms with Gasteiger partial charge >= 0.3 is 0 Å². The smallest absolute Gasteiger partial charge is 0.262 e. The van der Waals surface area contributed by atoms with E-state index in [9.17, 15) is 18.0 Å². The Labute approximate surface area is 222 Å². The normalized spacial score (nSPS) is 17.6. The highest BCUT2D eigenvalue weighted by atomic mass is 79.9. The van der Waals surface area contributed by atoms with Crippen molar-refractivity contribution in [2.75, 3.05) is 22.9 Å². The highest BCUT2D eigenvalue weighted by molar-refractivity contribution is 9.10. The zero-order valence-corrected chi connectivity index (χ0v) is 24.6. The maximum Gasteiger partial charge on any atom is 0.262 e. The van der Waals surface area contributed by atoms with Crippen LogP contribution in [-0.4, -0.2) is 33.3 Å². The molecule has 0 spiro atoms. The Hall–Kier alpha value is -1.42. The van der Waals surface area contributed by atoms with Gasteiger partial charge < -0.3 is 9.80 Å². The Kier molecular flexibility index (Phi) is 7.37. The molecule has 0 saturated carbocycles. The number of fused-ring (bicyclic) bond motifs is 2. The van der Waals surface area contributed by atoms with E-state index < -0.39 is 9.05 Å². The summed E-state index contributed by atoms with van der Waals surface area (Å²) < 4.78 is 24.5. The average Bonchev–Trinajstić information content (AvgIpc) is 3.11. The number of amides is 2. The van der Waals surface area contributed by atoms with Gasteiger partial charge in [-0.05, 0) is 57.4 Å². The van der Waals surface area contributed by atoms with Crippen LogP contribution in [0.15, 0.2) is 44.2 Å². The van der Waals surface area contributed by atoms with Crippen molar-refractivity contribution in [1.82, 2.24) is 0 Å². The topological polar surface area (TPSA) is 74.8 Å². The van der Waals surface area contributed by atoms with Gasteiger partial charge in [-0.1, -0.05) is 43.6 Å². The van der Waals surface area contributed by atoms with Gasteiger partial charge in [0.2, 0.25) is 11.8 Å². The molecule has 2 aliphatic heterocycles. The van der Waals surface area contributed by atoms with Crippen molar-refractivity contribution in [1.29, 1.82) is 0 Å². The summed E-state index contributed by atoms with van der Waals surface area (Å²) in [5.41, 5.74) is 3.66. The number of halogens is 3. The van der Waals surface area contributed by atoms with Crippen LogP contribution in [0.2, 0.25) is 0 Å². The van der Waals surface area contributed by atoms with E-state index in [-0.39, 0.29) is 27.5 Å². The molecule has 0 aliphatic carbocycles. The first-order valence-electron chi connectivity index (χ1n) is 10.6. The lowest BCUT2D eigenvalue weighted by Crippen LogP contribution is -2.32. The fourth-order valence-electron chi connectivity index (χ4n) is 4.47. The van der Waals surface area contributed by atoms with Gasteiger partial charge in [0.15, 0.2) is 0 Å². The maximum atomic E-state index is 11.7. The van der Waals surface area contributed by atoms with Crippen LogP contribution < -0.4 is 9.80 Å². The monoisotopic (exact) mass is 632 g/mol. The molecule has 6 nitrogen and oxygen atoms in total. The highest BCUT2D eigenvalue weighted by Gasteiger charge is 2.39. The molecule has 2 amide bonds. The molecule has 2 aliphatic rings. The van der Waals surface area contributed by atoms with E-state index in [4.69, 9.17) is 10.7 Å². The number of carbonyl (C=O) groups is 2. The summed E-state index contributed by atoms with van der Waals surface area (Å²) in [6.45, 7) is 12.7. The zero-order chi connectivity index (χ0) is 25.8. The predicted molar refractivity (Wildman–Crippen MR) is 143 cm³/mol. The van der Waals surface area contributed by atoms with Crippen LogP contribution in [0.3, 0.4) is 0 Å². The molecule has 0 bridgehead atoms. The van der Waals surface area contributed by atoms with E-state index in [1.165, 1.54) is 18.6 Å². The molecule has 2 aromatic carbocycles. The average molecular weight is 635 g/mol. The van der Waals surface area contributed by atoms with Crippen molar-refractivity contribution >= 4 is 74.8 Å². The summed E-state index contributed by atoms with van der Waals surface area (Å²) in [6, 6.07) is 9.29. The lowest BCUT2D eigenvalue weighted by Gasteiger charge is -2.19. The molecule has 0 atom stereocenters. The fraction of sp³-hybridized carbons (Fsp3) is 0.417. The summed E-state index contributed by atoms with van der Waals surface area (Å²) in [6.07, 6.45) is 0. The van der Waals surface area contributed by atoms with E-state index >= 15 is 0 Å². The largest absolute Gasteiger partial charge is 0.311 e. The van der Waals surface area contributed by atoms with Gasteiger partial charge in [-0.25, -0.2) is 8.42 Å². The van der Waals surface area contributed by atoms with E-state index in [0.717, 1.165) is 22.3 Å². The lowest BCUT2D eigenvalue weighted by atomic mass is 9.87. The van der Waals surface area contributed by atoms with E-state index in [2.05, 4.69) is 51.8 Å². The van der Waals surface area contributed by atoms with Crippen molar-refractivity contribution in [2.45, 2.75) is 57.3 Å². The molecule has 0 unspecified atom stereocenters. The maximum absolute atomic E-state index is 11.7.